The molecular formula is C10H14ClN3O. The summed E-state index contributed by atoms with van der Waals surface area (Å²) in [5, 5.41) is 3.41. The van der Waals surface area contributed by atoms with Gasteiger partial charge in [0.1, 0.15) is 0 Å². The second kappa shape index (κ2) is 5.68. The number of likely N-dealkylation sites (N-methyl/N-ethyl adjacent to an activating group) is 2. The molecule has 0 aliphatic heterocycles. The predicted octanol–water partition coefficient (Wildman–Crippen LogP) is 1.03. The lowest BCUT2D eigenvalue weighted by Crippen LogP contribution is -2.33. The molecule has 1 rings (SSSR count). The summed E-state index contributed by atoms with van der Waals surface area (Å²) in [5.74, 6) is -0.108. The first-order valence-corrected chi connectivity index (χ1v) is 5.04. The Morgan fingerprint density at radius 1 is 1.67 bits per heavy atom. The number of amides is 1. The van der Waals surface area contributed by atoms with Crippen LogP contribution in [-0.2, 0) is 0 Å². The Morgan fingerprint density at radius 3 is 3.00 bits per heavy atom. The van der Waals surface area contributed by atoms with Crippen LogP contribution in [-0.4, -0.2) is 43.0 Å². The lowest BCUT2D eigenvalue weighted by molar-refractivity contribution is 0.0796. The fraction of sp³-hybridized carbons (Fsp3) is 0.400. The van der Waals surface area contributed by atoms with E-state index in [2.05, 4.69) is 10.3 Å². The highest BCUT2D eigenvalue weighted by molar-refractivity contribution is 6.33. The van der Waals surface area contributed by atoms with Crippen molar-refractivity contribution in [1.29, 1.82) is 0 Å². The van der Waals surface area contributed by atoms with Gasteiger partial charge in [-0.1, -0.05) is 11.6 Å². The molecule has 82 valence electrons. The molecule has 0 aliphatic carbocycles. The van der Waals surface area contributed by atoms with Crippen LogP contribution in [0.25, 0.3) is 0 Å². The maximum absolute atomic E-state index is 11.8. The van der Waals surface area contributed by atoms with Crippen molar-refractivity contribution >= 4 is 17.5 Å². The summed E-state index contributed by atoms with van der Waals surface area (Å²) in [6.07, 6.45) is 3.05. The molecule has 0 radical (unpaired) electrons. The number of carbonyl (C=O) groups is 1. The quantitative estimate of drug-likeness (QED) is 0.836. The molecule has 0 spiro atoms. The van der Waals surface area contributed by atoms with Gasteiger partial charge in [-0.15, -0.1) is 0 Å². The smallest absolute Gasteiger partial charge is 0.256 e. The van der Waals surface area contributed by atoms with Crippen molar-refractivity contribution in [2.24, 2.45) is 0 Å². The molecule has 0 fully saturated rings. The Morgan fingerprint density at radius 2 is 2.40 bits per heavy atom. The summed E-state index contributed by atoms with van der Waals surface area (Å²) < 4.78 is 0. The van der Waals surface area contributed by atoms with E-state index in [1.165, 1.54) is 6.20 Å². The second-order valence-corrected chi connectivity index (χ2v) is 3.59. The van der Waals surface area contributed by atoms with Gasteiger partial charge >= 0.3 is 0 Å². The van der Waals surface area contributed by atoms with E-state index >= 15 is 0 Å². The number of aromatic nitrogens is 1. The SMILES string of the molecule is CNCCN(C)C(=O)c1cnccc1Cl. The fourth-order valence-corrected chi connectivity index (χ4v) is 1.31. The lowest BCUT2D eigenvalue weighted by atomic mass is 10.2. The third-order valence-corrected chi connectivity index (χ3v) is 2.37. The lowest BCUT2D eigenvalue weighted by Gasteiger charge is -2.17. The van der Waals surface area contributed by atoms with Gasteiger partial charge in [0.05, 0.1) is 10.6 Å². The Bertz CT molecular complexity index is 343. The molecule has 1 aromatic heterocycles. The van der Waals surface area contributed by atoms with Gasteiger partial charge in [-0.3, -0.25) is 9.78 Å². The van der Waals surface area contributed by atoms with Gasteiger partial charge in [-0.05, 0) is 13.1 Å². The molecular weight excluding hydrogens is 214 g/mol. The number of pyridine rings is 1. The van der Waals surface area contributed by atoms with Crippen LogP contribution in [0.15, 0.2) is 18.5 Å². The van der Waals surface area contributed by atoms with Crippen molar-refractivity contribution in [1.82, 2.24) is 15.2 Å². The van der Waals surface area contributed by atoms with Crippen molar-refractivity contribution in [2.45, 2.75) is 0 Å². The van der Waals surface area contributed by atoms with Crippen LogP contribution in [0.5, 0.6) is 0 Å². The highest BCUT2D eigenvalue weighted by atomic mass is 35.5. The largest absolute Gasteiger partial charge is 0.340 e. The molecule has 15 heavy (non-hydrogen) atoms. The number of nitrogens with one attached hydrogen (secondary N) is 1. The Balaban J connectivity index is 2.72. The van der Waals surface area contributed by atoms with E-state index in [0.717, 1.165) is 6.54 Å². The van der Waals surface area contributed by atoms with Crippen LogP contribution in [0.1, 0.15) is 10.4 Å². The number of carbonyl (C=O) groups excluding carboxylic acids is 1. The number of nitrogens with zero attached hydrogens (tertiary/aromatic N) is 2. The van der Waals surface area contributed by atoms with E-state index in [0.29, 0.717) is 17.1 Å². The third kappa shape index (κ3) is 3.18. The minimum atomic E-state index is -0.108. The van der Waals surface area contributed by atoms with Gasteiger partial charge in [0, 0.05) is 32.5 Å². The van der Waals surface area contributed by atoms with E-state index in [-0.39, 0.29) is 5.91 Å². The van der Waals surface area contributed by atoms with Gasteiger partial charge in [0.25, 0.3) is 5.91 Å². The van der Waals surface area contributed by atoms with Crippen molar-refractivity contribution in [2.75, 3.05) is 27.2 Å². The van der Waals surface area contributed by atoms with Gasteiger partial charge in [-0.2, -0.15) is 0 Å². The highest BCUT2D eigenvalue weighted by Crippen LogP contribution is 2.14. The zero-order chi connectivity index (χ0) is 11.3. The Labute approximate surface area is 94.3 Å². The molecule has 1 amide bonds. The number of hydrogen-bond acceptors (Lipinski definition) is 3. The topological polar surface area (TPSA) is 45.2 Å². The third-order valence-electron chi connectivity index (χ3n) is 2.04. The molecule has 1 N–H and O–H groups in total. The zero-order valence-electron chi connectivity index (χ0n) is 8.83. The van der Waals surface area contributed by atoms with Gasteiger partial charge in [0.2, 0.25) is 0 Å². The van der Waals surface area contributed by atoms with E-state index in [1.807, 2.05) is 7.05 Å². The maximum Gasteiger partial charge on any atom is 0.256 e. The molecule has 0 atom stereocenters. The number of hydrogen-bond donors (Lipinski definition) is 1. The molecule has 0 aliphatic rings. The molecule has 1 heterocycles. The van der Waals surface area contributed by atoms with E-state index in [1.54, 1.807) is 24.2 Å². The van der Waals surface area contributed by atoms with Crippen molar-refractivity contribution in [3.8, 4) is 0 Å². The first-order chi connectivity index (χ1) is 7.16. The minimum absolute atomic E-state index is 0.108. The molecule has 4 nitrogen and oxygen atoms in total. The summed E-state index contributed by atoms with van der Waals surface area (Å²) >= 11 is 5.89. The highest BCUT2D eigenvalue weighted by Gasteiger charge is 2.14. The average molecular weight is 228 g/mol. The molecule has 0 aromatic carbocycles. The first-order valence-electron chi connectivity index (χ1n) is 4.66. The Hall–Kier alpha value is -1.13. The zero-order valence-corrected chi connectivity index (χ0v) is 9.58. The van der Waals surface area contributed by atoms with E-state index < -0.39 is 0 Å². The van der Waals surface area contributed by atoms with Crippen LogP contribution in [0.4, 0.5) is 0 Å². The molecule has 5 heteroatoms. The predicted molar refractivity (Wildman–Crippen MR) is 60.1 cm³/mol. The summed E-state index contributed by atoms with van der Waals surface area (Å²) in [5.41, 5.74) is 0.442. The number of rotatable bonds is 4. The fourth-order valence-electron chi connectivity index (χ4n) is 1.12. The molecule has 0 unspecified atom stereocenters. The summed E-state index contributed by atoms with van der Waals surface area (Å²) in [7, 11) is 3.58. The van der Waals surface area contributed by atoms with Crippen LogP contribution >= 0.6 is 11.6 Å². The molecule has 0 saturated heterocycles. The average Bonchev–Trinajstić information content (AvgIpc) is 2.25. The summed E-state index contributed by atoms with van der Waals surface area (Å²) in [6, 6.07) is 1.61. The standard InChI is InChI=1S/C10H14ClN3O/c1-12-5-6-14(2)10(15)8-7-13-4-3-9(8)11/h3-4,7,12H,5-6H2,1-2H3. The van der Waals surface area contributed by atoms with Crippen LogP contribution in [0, 0.1) is 0 Å². The second-order valence-electron chi connectivity index (χ2n) is 3.19. The monoisotopic (exact) mass is 227 g/mol. The maximum atomic E-state index is 11.8. The molecule has 1 aromatic rings. The van der Waals surface area contributed by atoms with Crippen LogP contribution in [0.2, 0.25) is 5.02 Å². The molecule has 0 bridgehead atoms. The van der Waals surface area contributed by atoms with Gasteiger partial charge < -0.3 is 10.2 Å². The van der Waals surface area contributed by atoms with E-state index in [9.17, 15) is 4.79 Å². The van der Waals surface area contributed by atoms with Crippen molar-refractivity contribution in [3.63, 3.8) is 0 Å². The van der Waals surface area contributed by atoms with Crippen molar-refractivity contribution in [3.05, 3.63) is 29.0 Å². The summed E-state index contributed by atoms with van der Waals surface area (Å²) in [4.78, 5) is 17.3. The molecule has 0 saturated carbocycles. The number of halogens is 1. The Kier molecular flexibility index (Phi) is 4.52. The minimum Gasteiger partial charge on any atom is -0.340 e. The van der Waals surface area contributed by atoms with Crippen LogP contribution in [0.3, 0.4) is 0 Å². The van der Waals surface area contributed by atoms with Gasteiger partial charge in [0.15, 0.2) is 0 Å². The van der Waals surface area contributed by atoms with Crippen LogP contribution < -0.4 is 5.32 Å². The van der Waals surface area contributed by atoms with Crippen molar-refractivity contribution < 1.29 is 4.79 Å². The summed E-state index contributed by atoms with van der Waals surface area (Å²) in [6.45, 7) is 1.39. The van der Waals surface area contributed by atoms with E-state index in [4.69, 9.17) is 11.6 Å². The normalized spacial score (nSPS) is 10.1. The first kappa shape index (κ1) is 11.9. The van der Waals surface area contributed by atoms with Gasteiger partial charge in [-0.25, -0.2) is 0 Å².